The highest BCUT2D eigenvalue weighted by molar-refractivity contribution is 9.10. The zero-order valence-corrected chi connectivity index (χ0v) is 12.9. The lowest BCUT2D eigenvalue weighted by molar-refractivity contribution is 0.0725. The van der Waals surface area contributed by atoms with Gasteiger partial charge in [0, 0.05) is 36.2 Å². The molecule has 1 fully saturated rings. The summed E-state index contributed by atoms with van der Waals surface area (Å²) >= 11 is 3.28. The zero-order chi connectivity index (χ0) is 14.0. The lowest BCUT2D eigenvalue weighted by Crippen LogP contribution is -2.42. The molecule has 0 N–H and O–H groups in total. The first-order valence-electron chi connectivity index (χ1n) is 5.96. The van der Waals surface area contributed by atoms with E-state index in [1.165, 1.54) is 12.5 Å². The topological polar surface area (TPSA) is 67.3 Å². The van der Waals surface area contributed by atoms with Gasteiger partial charge in [0.2, 0.25) is 0 Å². The van der Waals surface area contributed by atoms with E-state index in [1.54, 1.807) is 17.2 Å². The molecule has 1 aromatic rings. The Balaban J connectivity index is 2.04. The SMILES string of the molecule is CS(=O)(=O)C1CCN(C(=O)c2cncc(Br)c2)CC1. The van der Waals surface area contributed by atoms with Crippen LogP contribution in [0, 0.1) is 0 Å². The van der Waals surface area contributed by atoms with Crippen molar-refractivity contribution in [1.29, 1.82) is 0 Å². The van der Waals surface area contributed by atoms with E-state index in [-0.39, 0.29) is 11.2 Å². The molecule has 0 atom stereocenters. The highest BCUT2D eigenvalue weighted by Crippen LogP contribution is 2.19. The normalized spacial score (nSPS) is 17.5. The van der Waals surface area contributed by atoms with E-state index < -0.39 is 9.84 Å². The van der Waals surface area contributed by atoms with Gasteiger partial charge in [-0.05, 0) is 34.8 Å². The average Bonchev–Trinajstić information content (AvgIpc) is 2.37. The van der Waals surface area contributed by atoms with Gasteiger partial charge in [-0.2, -0.15) is 0 Å². The Bertz CT molecular complexity index is 580. The number of carbonyl (C=O) groups excluding carboxylic acids is 1. The molecular weight excluding hydrogens is 332 g/mol. The zero-order valence-electron chi connectivity index (χ0n) is 10.5. The summed E-state index contributed by atoms with van der Waals surface area (Å²) in [5.74, 6) is -0.0965. The summed E-state index contributed by atoms with van der Waals surface area (Å²) in [6.07, 6.45) is 5.41. The van der Waals surface area contributed by atoms with Gasteiger partial charge in [0.1, 0.15) is 9.84 Å². The van der Waals surface area contributed by atoms with E-state index in [0.717, 1.165) is 4.47 Å². The lowest BCUT2D eigenvalue weighted by Gasteiger charge is -2.31. The van der Waals surface area contributed by atoms with Crippen LogP contribution in [0.1, 0.15) is 23.2 Å². The number of piperidine rings is 1. The Morgan fingerprint density at radius 3 is 2.53 bits per heavy atom. The summed E-state index contributed by atoms with van der Waals surface area (Å²) in [5.41, 5.74) is 0.521. The maximum atomic E-state index is 12.2. The van der Waals surface area contributed by atoms with Gasteiger partial charge in [0.15, 0.2) is 0 Å². The summed E-state index contributed by atoms with van der Waals surface area (Å²) in [4.78, 5) is 17.9. The van der Waals surface area contributed by atoms with Gasteiger partial charge in [-0.15, -0.1) is 0 Å². The third-order valence-corrected chi connectivity index (χ3v) is 5.40. The minimum absolute atomic E-state index is 0.0965. The molecule has 0 aliphatic carbocycles. The fourth-order valence-electron chi connectivity index (χ4n) is 2.20. The summed E-state index contributed by atoms with van der Waals surface area (Å²) in [6.45, 7) is 0.951. The van der Waals surface area contributed by atoms with Crippen molar-refractivity contribution in [2.75, 3.05) is 19.3 Å². The van der Waals surface area contributed by atoms with Crippen molar-refractivity contribution in [2.45, 2.75) is 18.1 Å². The number of amides is 1. The van der Waals surface area contributed by atoms with Crippen LogP contribution in [0.3, 0.4) is 0 Å². The van der Waals surface area contributed by atoms with Gasteiger partial charge in [0.25, 0.3) is 5.91 Å². The fraction of sp³-hybridized carbons (Fsp3) is 0.500. The van der Waals surface area contributed by atoms with Crippen molar-refractivity contribution >= 4 is 31.7 Å². The molecule has 1 aromatic heterocycles. The maximum absolute atomic E-state index is 12.2. The first-order valence-corrected chi connectivity index (χ1v) is 8.71. The summed E-state index contributed by atoms with van der Waals surface area (Å²) in [6, 6.07) is 1.72. The number of pyridine rings is 1. The smallest absolute Gasteiger partial charge is 0.255 e. The van der Waals surface area contributed by atoms with Crippen LogP contribution in [0.4, 0.5) is 0 Å². The Kier molecular flexibility index (Phi) is 4.25. The van der Waals surface area contributed by atoms with Gasteiger partial charge < -0.3 is 4.90 Å². The van der Waals surface area contributed by atoms with Gasteiger partial charge in [-0.25, -0.2) is 8.42 Å². The third-order valence-electron chi connectivity index (χ3n) is 3.29. The first-order chi connectivity index (χ1) is 8.88. The largest absolute Gasteiger partial charge is 0.339 e. The molecule has 5 nitrogen and oxygen atoms in total. The van der Waals surface area contributed by atoms with E-state index in [2.05, 4.69) is 20.9 Å². The molecule has 2 rings (SSSR count). The minimum atomic E-state index is -3.00. The summed E-state index contributed by atoms with van der Waals surface area (Å²) < 4.78 is 23.7. The summed E-state index contributed by atoms with van der Waals surface area (Å²) in [7, 11) is -3.00. The standard InChI is InChI=1S/C12H15BrN2O3S/c1-19(17,18)11-2-4-15(5-3-11)12(16)9-6-10(13)8-14-7-9/h6-8,11H,2-5H2,1H3. The Hall–Kier alpha value is -0.950. The number of rotatable bonds is 2. The molecule has 1 aliphatic heterocycles. The predicted molar refractivity (Wildman–Crippen MR) is 75.7 cm³/mol. The van der Waals surface area contributed by atoms with Crippen molar-refractivity contribution in [2.24, 2.45) is 0 Å². The predicted octanol–water partition coefficient (Wildman–Crippen LogP) is 1.49. The molecule has 0 saturated carbocycles. The van der Waals surface area contributed by atoms with Crippen molar-refractivity contribution in [3.8, 4) is 0 Å². The Morgan fingerprint density at radius 2 is 2.00 bits per heavy atom. The van der Waals surface area contributed by atoms with Gasteiger partial charge >= 0.3 is 0 Å². The number of hydrogen-bond acceptors (Lipinski definition) is 4. The minimum Gasteiger partial charge on any atom is -0.339 e. The van der Waals surface area contributed by atoms with Crippen molar-refractivity contribution in [3.63, 3.8) is 0 Å². The van der Waals surface area contributed by atoms with Crippen LogP contribution in [0.2, 0.25) is 0 Å². The molecule has 0 spiro atoms. The van der Waals surface area contributed by atoms with E-state index in [9.17, 15) is 13.2 Å². The second kappa shape index (κ2) is 5.58. The number of nitrogens with zero attached hydrogens (tertiary/aromatic N) is 2. The van der Waals surface area contributed by atoms with Gasteiger partial charge in [-0.1, -0.05) is 0 Å². The van der Waals surface area contributed by atoms with Crippen molar-refractivity contribution in [1.82, 2.24) is 9.88 Å². The lowest BCUT2D eigenvalue weighted by atomic mass is 10.1. The van der Waals surface area contributed by atoms with Crippen LogP contribution < -0.4 is 0 Å². The maximum Gasteiger partial charge on any atom is 0.255 e. The number of sulfone groups is 1. The average molecular weight is 347 g/mol. The number of halogens is 1. The highest BCUT2D eigenvalue weighted by atomic mass is 79.9. The molecule has 0 bridgehead atoms. The van der Waals surface area contributed by atoms with Crippen molar-refractivity contribution in [3.05, 3.63) is 28.5 Å². The van der Waals surface area contributed by atoms with Crippen LogP contribution in [0.15, 0.2) is 22.9 Å². The second-order valence-electron chi connectivity index (χ2n) is 4.71. The Morgan fingerprint density at radius 1 is 1.37 bits per heavy atom. The van der Waals surface area contributed by atoms with Crippen molar-refractivity contribution < 1.29 is 13.2 Å². The van der Waals surface area contributed by atoms with E-state index >= 15 is 0 Å². The van der Waals surface area contributed by atoms with Crippen LogP contribution in [0.5, 0.6) is 0 Å². The molecule has 0 radical (unpaired) electrons. The number of carbonyl (C=O) groups is 1. The molecular formula is C12H15BrN2O3S. The Labute approximate surface area is 121 Å². The van der Waals surface area contributed by atoms with E-state index in [4.69, 9.17) is 0 Å². The number of aromatic nitrogens is 1. The first kappa shape index (κ1) is 14.5. The highest BCUT2D eigenvalue weighted by Gasteiger charge is 2.29. The molecule has 19 heavy (non-hydrogen) atoms. The fourth-order valence-corrected chi connectivity index (χ4v) is 3.63. The molecule has 1 saturated heterocycles. The monoisotopic (exact) mass is 346 g/mol. The molecule has 0 aromatic carbocycles. The molecule has 1 amide bonds. The van der Waals surface area contributed by atoms with Crippen LogP contribution in [-0.4, -0.2) is 48.8 Å². The van der Waals surface area contributed by atoms with Crippen LogP contribution in [0.25, 0.3) is 0 Å². The number of hydrogen-bond donors (Lipinski definition) is 0. The van der Waals surface area contributed by atoms with Gasteiger partial charge in [0.05, 0.1) is 10.8 Å². The second-order valence-corrected chi connectivity index (χ2v) is 7.95. The number of likely N-dealkylation sites (tertiary alicyclic amines) is 1. The van der Waals surface area contributed by atoms with Crippen LogP contribution in [-0.2, 0) is 9.84 Å². The molecule has 1 aliphatic rings. The van der Waals surface area contributed by atoms with Crippen LogP contribution >= 0.6 is 15.9 Å². The molecule has 104 valence electrons. The molecule has 2 heterocycles. The quantitative estimate of drug-likeness (QED) is 0.813. The molecule has 7 heteroatoms. The van der Waals surface area contributed by atoms with Gasteiger partial charge in [-0.3, -0.25) is 9.78 Å². The third kappa shape index (κ3) is 3.54. The molecule has 0 unspecified atom stereocenters. The van der Waals surface area contributed by atoms with E-state index in [1.807, 2.05) is 0 Å². The van der Waals surface area contributed by atoms with E-state index in [0.29, 0.717) is 31.5 Å². The summed E-state index contributed by atoms with van der Waals surface area (Å²) in [5, 5.41) is -0.322.